The maximum absolute atomic E-state index is 12.0. The summed E-state index contributed by atoms with van der Waals surface area (Å²) >= 11 is 0. The van der Waals surface area contributed by atoms with E-state index in [2.05, 4.69) is 0 Å². The SMILES string of the molecule is CCCC(=O)C(=O)CN1Cc2ccccc2C1=O. The molecule has 0 unspecified atom stereocenters. The Balaban J connectivity index is 2.04. The summed E-state index contributed by atoms with van der Waals surface area (Å²) in [6, 6.07) is 7.27. The summed E-state index contributed by atoms with van der Waals surface area (Å²) < 4.78 is 0. The van der Waals surface area contributed by atoms with Gasteiger partial charge in [0.15, 0.2) is 5.78 Å². The fourth-order valence-electron chi connectivity index (χ4n) is 2.07. The molecule has 0 atom stereocenters. The first-order valence-corrected chi connectivity index (χ1v) is 6.06. The maximum Gasteiger partial charge on any atom is 0.254 e. The first kappa shape index (κ1) is 12.5. The lowest BCUT2D eigenvalue weighted by Crippen LogP contribution is -2.33. The molecule has 0 bridgehead atoms. The molecule has 4 nitrogen and oxygen atoms in total. The van der Waals surface area contributed by atoms with Gasteiger partial charge in [-0.05, 0) is 18.1 Å². The van der Waals surface area contributed by atoms with Gasteiger partial charge in [-0.15, -0.1) is 0 Å². The molecule has 1 aliphatic rings. The van der Waals surface area contributed by atoms with Crippen molar-refractivity contribution in [2.24, 2.45) is 0 Å². The molecule has 0 N–H and O–H groups in total. The lowest BCUT2D eigenvalue weighted by atomic mass is 10.1. The van der Waals surface area contributed by atoms with Crippen LogP contribution < -0.4 is 0 Å². The van der Waals surface area contributed by atoms with Crippen LogP contribution in [0.2, 0.25) is 0 Å². The lowest BCUT2D eigenvalue weighted by molar-refractivity contribution is -0.137. The third-order valence-electron chi connectivity index (χ3n) is 3.02. The molecular weight excluding hydrogens is 230 g/mol. The zero-order valence-corrected chi connectivity index (χ0v) is 10.3. The quantitative estimate of drug-likeness (QED) is 0.740. The van der Waals surface area contributed by atoms with Crippen LogP contribution in [0.15, 0.2) is 24.3 Å². The van der Waals surface area contributed by atoms with Crippen molar-refractivity contribution >= 4 is 17.5 Å². The standard InChI is InChI=1S/C14H15NO3/c1-2-5-12(16)13(17)9-15-8-10-6-3-4-7-11(10)14(15)18/h3-4,6-7H,2,5,8-9H2,1H3. The molecule has 1 heterocycles. The van der Waals surface area contributed by atoms with Crippen molar-refractivity contribution in [1.82, 2.24) is 4.90 Å². The summed E-state index contributed by atoms with van der Waals surface area (Å²) in [4.78, 5) is 36.5. The van der Waals surface area contributed by atoms with Crippen LogP contribution in [0.4, 0.5) is 0 Å². The van der Waals surface area contributed by atoms with E-state index in [1.54, 1.807) is 12.1 Å². The van der Waals surface area contributed by atoms with Crippen molar-refractivity contribution in [3.63, 3.8) is 0 Å². The molecule has 1 aromatic carbocycles. The maximum atomic E-state index is 12.0. The van der Waals surface area contributed by atoms with Crippen molar-refractivity contribution in [2.45, 2.75) is 26.3 Å². The lowest BCUT2D eigenvalue weighted by Gasteiger charge is -2.13. The smallest absolute Gasteiger partial charge is 0.254 e. The second-order valence-corrected chi connectivity index (χ2v) is 4.41. The predicted molar refractivity (Wildman–Crippen MR) is 66.1 cm³/mol. The van der Waals surface area contributed by atoms with E-state index >= 15 is 0 Å². The molecule has 1 aliphatic heterocycles. The number of hydrogen-bond donors (Lipinski definition) is 0. The van der Waals surface area contributed by atoms with Crippen molar-refractivity contribution in [2.75, 3.05) is 6.54 Å². The molecule has 1 amide bonds. The normalized spacial score (nSPS) is 13.6. The number of carbonyl (C=O) groups is 3. The molecule has 0 aliphatic carbocycles. The van der Waals surface area contributed by atoms with E-state index in [-0.39, 0.29) is 24.7 Å². The van der Waals surface area contributed by atoms with Gasteiger partial charge >= 0.3 is 0 Å². The number of amides is 1. The third-order valence-corrected chi connectivity index (χ3v) is 3.02. The zero-order chi connectivity index (χ0) is 13.1. The van der Waals surface area contributed by atoms with E-state index in [1.807, 2.05) is 19.1 Å². The van der Waals surface area contributed by atoms with Gasteiger partial charge in [0.25, 0.3) is 5.91 Å². The van der Waals surface area contributed by atoms with E-state index in [4.69, 9.17) is 0 Å². The number of Topliss-reactive ketones (excluding diaryl/α,β-unsaturated/α-hetero) is 2. The van der Waals surface area contributed by atoms with E-state index in [1.165, 1.54) is 4.90 Å². The summed E-state index contributed by atoms with van der Waals surface area (Å²) in [6.07, 6.45) is 0.909. The monoisotopic (exact) mass is 245 g/mol. The Hall–Kier alpha value is -1.97. The number of carbonyl (C=O) groups excluding carboxylic acids is 3. The fourth-order valence-corrected chi connectivity index (χ4v) is 2.07. The minimum Gasteiger partial charge on any atom is -0.326 e. The molecule has 0 aromatic heterocycles. The number of ketones is 2. The third kappa shape index (κ3) is 2.32. The van der Waals surface area contributed by atoms with Crippen LogP contribution in [-0.2, 0) is 16.1 Å². The average Bonchev–Trinajstić information content (AvgIpc) is 2.67. The van der Waals surface area contributed by atoms with Crippen LogP contribution in [0, 0.1) is 0 Å². The van der Waals surface area contributed by atoms with Gasteiger partial charge in [0.05, 0.1) is 6.54 Å². The number of rotatable bonds is 5. The highest BCUT2D eigenvalue weighted by Gasteiger charge is 2.29. The Bertz CT molecular complexity index is 508. The first-order chi connectivity index (χ1) is 8.63. The summed E-state index contributed by atoms with van der Waals surface area (Å²) in [5, 5.41) is 0. The first-order valence-electron chi connectivity index (χ1n) is 6.06. The highest BCUT2D eigenvalue weighted by Crippen LogP contribution is 2.21. The second-order valence-electron chi connectivity index (χ2n) is 4.41. The largest absolute Gasteiger partial charge is 0.326 e. The van der Waals surface area contributed by atoms with Gasteiger partial charge in [-0.25, -0.2) is 0 Å². The molecule has 18 heavy (non-hydrogen) atoms. The van der Waals surface area contributed by atoms with E-state index in [0.717, 1.165) is 5.56 Å². The van der Waals surface area contributed by atoms with Gasteiger partial charge in [-0.1, -0.05) is 25.1 Å². The number of nitrogens with zero attached hydrogens (tertiary/aromatic N) is 1. The Morgan fingerprint density at radius 2 is 1.94 bits per heavy atom. The van der Waals surface area contributed by atoms with Crippen LogP contribution in [0.25, 0.3) is 0 Å². The van der Waals surface area contributed by atoms with Gasteiger partial charge in [0.1, 0.15) is 0 Å². The average molecular weight is 245 g/mol. The van der Waals surface area contributed by atoms with Crippen LogP contribution in [0.1, 0.15) is 35.7 Å². The summed E-state index contributed by atoms with van der Waals surface area (Å²) in [5.41, 5.74) is 1.55. The molecule has 94 valence electrons. The van der Waals surface area contributed by atoms with Crippen LogP contribution in [0.5, 0.6) is 0 Å². The molecule has 0 spiro atoms. The van der Waals surface area contributed by atoms with Gasteiger partial charge in [0.2, 0.25) is 5.78 Å². The highest BCUT2D eigenvalue weighted by molar-refractivity contribution is 6.38. The molecule has 4 heteroatoms. The minimum atomic E-state index is -0.474. The Morgan fingerprint density at radius 1 is 1.22 bits per heavy atom. The van der Waals surface area contributed by atoms with Gasteiger partial charge in [-0.2, -0.15) is 0 Å². The van der Waals surface area contributed by atoms with Crippen molar-refractivity contribution in [1.29, 1.82) is 0 Å². The predicted octanol–water partition coefficient (Wildman–Crippen LogP) is 1.58. The Kier molecular flexibility index (Phi) is 3.55. The van der Waals surface area contributed by atoms with Crippen LogP contribution >= 0.6 is 0 Å². The fraction of sp³-hybridized carbons (Fsp3) is 0.357. The van der Waals surface area contributed by atoms with Crippen molar-refractivity contribution in [3.8, 4) is 0 Å². The van der Waals surface area contributed by atoms with Gasteiger partial charge in [0, 0.05) is 18.5 Å². The molecular formula is C14H15NO3. The van der Waals surface area contributed by atoms with E-state index in [0.29, 0.717) is 18.5 Å². The Morgan fingerprint density at radius 3 is 2.61 bits per heavy atom. The number of fused-ring (bicyclic) bond motifs is 1. The van der Waals surface area contributed by atoms with Gasteiger partial charge in [-0.3, -0.25) is 14.4 Å². The Labute approximate surface area is 106 Å². The highest BCUT2D eigenvalue weighted by atomic mass is 16.2. The summed E-state index contributed by atoms with van der Waals surface area (Å²) in [7, 11) is 0. The van der Waals surface area contributed by atoms with Crippen LogP contribution in [0.3, 0.4) is 0 Å². The topological polar surface area (TPSA) is 54.5 Å². The van der Waals surface area contributed by atoms with E-state index < -0.39 is 5.78 Å². The molecule has 1 aromatic rings. The van der Waals surface area contributed by atoms with Crippen molar-refractivity contribution in [3.05, 3.63) is 35.4 Å². The second kappa shape index (κ2) is 5.12. The summed E-state index contributed by atoms with van der Waals surface area (Å²) in [6.45, 7) is 2.16. The van der Waals surface area contributed by atoms with Crippen LogP contribution in [-0.4, -0.2) is 28.9 Å². The number of benzene rings is 1. The van der Waals surface area contributed by atoms with E-state index in [9.17, 15) is 14.4 Å². The molecule has 0 fully saturated rings. The molecule has 2 rings (SSSR count). The molecule has 0 radical (unpaired) electrons. The molecule has 0 saturated carbocycles. The zero-order valence-electron chi connectivity index (χ0n) is 10.3. The van der Waals surface area contributed by atoms with Crippen molar-refractivity contribution < 1.29 is 14.4 Å². The number of hydrogen-bond acceptors (Lipinski definition) is 3. The summed E-state index contributed by atoms with van der Waals surface area (Å²) in [5.74, 6) is -1.03. The molecule has 0 saturated heterocycles. The minimum absolute atomic E-state index is 0.105. The van der Waals surface area contributed by atoms with Gasteiger partial charge < -0.3 is 4.90 Å².